The number of nitrogens with zero attached hydrogens (tertiary/aromatic N) is 2. The zero-order chi connectivity index (χ0) is 21.9. The van der Waals surface area contributed by atoms with E-state index in [4.69, 9.17) is 0 Å². The van der Waals surface area contributed by atoms with E-state index in [0.29, 0.717) is 0 Å². The Bertz CT molecular complexity index is 1040. The van der Waals surface area contributed by atoms with Gasteiger partial charge in [0, 0.05) is 32.3 Å². The van der Waals surface area contributed by atoms with Gasteiger partial charge in [0.25, 0.3) is 0 Å². The molecule has 0 radical (unpaired) electrons. The van der Waals surface area contributed by atoms with Gasteiger partial charge >= 0.3 is 6.18 Å². The summed E-state index contributed by atoms with van der Waals surface area (Å²) in [4.78, 5) is 13.7. The smallest absolute Gasteiger partial charge is 0.337 e. The first-order chi connectivity index (χ1) is 14.1. The molecule has 3 rings (SSSR count). The van der Waals surface area contributed by atoms with Crippen LogP contribution < -0.4 is 0 Å². The van der Waals surface area contributed by atoms with Gasteiger partial charge < -0.3 is 4.90 Å². The molecule has 0 N–H and O–H groups in total. The molecule has 1 aliphatic heterocycles. The molecule has 5 nitrogen and oxygen atoms in total. The number of amides is 1. The van der Waals surface area contributed by atoms with E-state index >= 15 is 0 Å². The van der Waals surface area contributed by atoms with Crippen molar-refractivity contribution < 1.29 is 30.8 Å². The monoisotopic (exact) mass is 442 g/mol. The number of sulfonamides is 1. The third-order valence-corrected chi connectivity index (χ3v) is 6.55. The van der Waals surface area contributed by atoms with Gasteiger partial charge in [0.1, 0.15) is 5.82 Å². The Kier molecular flexibility index (Phi) is 6.27. The molecule has 0 aromatic heterocycles. The molecule has 160 valence electrons. The average Bonchev–Trinajstić information content (AvgIpc) is 2.72. The summed E-state index contributed by atoms with van der Waals surface area (Å²) in [5, 5.41) is 0. The number of rotatable bonds is 4. The van der Waals surface area contributed by atoms with Crippen molar-refractivity contribution in [1.29, 1.82) is 0 Å². The van der Waals surface area contributed by atoms with E-state index in [1.807, 2.05) is 0 Å². The van der Waals surface area contributed by atoms with Gasteiger partial charge in [-0.05, 0) is 48.0 Å². The highest BCUT2D eigenvalue weighted by molar-refractivity contribution is 7.89. The molecule has 0 bridgehead atoms. The summed E-state index contributed by atoms with van der Waals surface area (Å²) >= 11 is 0. The number of halogens is 4. The molecule has 0 spiro atoms. The third kappa shape index (κ3) is 5.06. The largest absolute Gasteiger partial charge is 0.416 e. The van der Waals surface area contributed by atoms with Crippen LogP contribution in [0.15, 0.2) is 59.5 Å². The standard InChI is InChI=1S/C20H18F4N2O3S/c21-17-5-7-18(8-6-17)30(28,29)26-12-10-25(11-13-26)19(27)9-4-15-2-1-3-16(14-15)20(22,23)24/h1-9,14H,10-13H2. The molecular formula is C20H18F4N2O3S. The summed E-state index contributed by atoms with van der Waals surface area (Å²) in [5.74, 6) is -0.969. The van der Waals surface area contributed by atoms with Crippen LogP contribution in [0.5, 0.6) is 0 Å². The van der Waals surface area contributed by atoms with Gasteiger partial charge in [0.15, 0.2) is 0 Å². The molecule has 0 unspecified atom stereocenters. The van der Waals surface area contributed by atoms with Crippen LogP contribution in [0.25, 0.3) is 6.08 Å². The van der Waals surface area contributed by atoms with Gasteiger partial charge in [0.2, 0.25) is 15.9 Å². The van der Waals surface area contributed by atoms with E-state index in [1.54, 1.807) is 0 Å². The molecule has 2 aromatic rings. The lowest BCUT2D eigenvalue weighted by atomic mass is 10.1. The molecule has 1 fully saturated rings. The Morgan fingerprint density at radius 2 is 1.60 bits per heavy atom. The fourth-order valence-corrected chi connectivity index (χ4v) is 4.42. The van der Waals surface area contributed by atoms with Crippen molar-refractivity contribution in [3.63, 3.8) is 0 Å². The molecule has 1 heterocycles. The van der Waals surface area contributed by atoms with E-state index in [1.165, 1.54) is 45.6 Å². The maximum Gasteiger partial charge on any atom is 0.416 e. The first kappa shape index (κ1) is 22.0. The number of benzene rings is 2. The van der Waals surface area contributed by atoms with Gasteiger partial charge in [-0.2, -0.15) is 17.5 Å². The lowest BCUT2D eigenvalue weighted by molar-refractivity contribution is -0.137. The van der Waals surface area contributed by atoms with Crippen molar-refractivity contribution in [3.05, 3.63) is 71.6 Å². The van der Waals surface area contributed by atoms with Gasteiger partial charge in [-0.25, -0.2) is 12.8 Å². The number of carbonyl (C=O) groups is 1. The highest BCUT2D eigenvalue weighted by Crippen LogP contribution is 2.29. The molecule has 1 saturated heterocycles. The number of carbonyl (C=O) groups excluding carboxylic acids is 1. The first-order valence-electron chi connectivity index (χ1n) is 8.97. The quantitative estimate of drug-likeness (QED) is 0.539. The predicted octanol–water partition coefficient (Wildman–Crippen LogP) is 3.39. The Balaban J connectivity index is 1.62. The fraction of sp³-hybridized carbons (Fsp3) is 0.250. The fourth-order valence-electron chi connectivity index (χ4n) is 3.00. The van der Waals surface area contributed by atoms with Crippen LogP contribution in [0.3, 0.4) is 0 Å². The molecular weight excluding hydrogens is 424 g/mol. The zero-order valence-electron chi connectivity index (χ0n) is 15.6. The zero-order valence-corrected chi connectivity index (χ0v) is 16.5. The molecule has 2 aromatic carbocycles. The normalized spacial score (nSPS) is 16.2. The van der Waals surface area contributed by atoms with Crippen molar-refractivity contribution in [3.8, 4) is 0 Å². The van der Waals surface area contributed by atoms with Gasteiger partial charge in [-0.15, -0.1) is 0 Å². The molecule has 0 atom stereocenters. The van der Waals surface area contributed by atoms with Gasteiger partial charge in [-0.1, -0.05) is 12.1 Å². The van der Waals surface area contributed by atoms with Crippen LogP contribution in [0.2, 0.25) is 0 Å². The van der Waals surface area contributed by atoms with Crippen LogP contribution in [0.1, 0.15) is 11.1 Å². The molecule has 1 amide bonds. The molecule has 10 heteroatoms. The van der Waals surface area contributed by atoms with Crippen molar-refractivity contribution in [2.75, 3.05) is 26.2 Å². The number of hydrogen-bond donors (Lipinski definition) is 0. The Labute approximate surface area is 171 Å². The van der Waals surface area contributed by atoms with Crippen LogP contribution >= 0.6 is 0 Å². The third-order valence-electron chi connectivity index (χ3n) is 4.63. The number of hydrogen-bond acceptors (Lipinski definition) is 3. The summed E-state index contributed by atoms with van der Waals surface area (Å²) in [7, 11) is -3.80. The van der Waals surface area contributed by atoms with Crippen LogP contribution in [-0.2, 0) is 21.0 Å². The average molecular weight is 442 g/mol. The van der Waals surface area contributed by atoms with Gasteiger partial charge in [0.05, 0.1) is 10.5 Å². The Morgan fingerprint density at radius 3 is 2.20 bits per heavy atom. The number of alkyl halides is 3. The minimum Gasteiger partial charge on any atom is -0.337 e. The minimum absolute atomic E-state index is 0.0341. The first-order valence-corrected chi connectivity index (χ1v) is 10.4. The molecule has 1 aliphatic rings. The summed E-state index contributed by atoms with van der Waals surface area (Å²) in [6.45, 7) is 0.379. The van der Waals surface area contributed by atoms with E-state index < -0.39 is 33.5 Å². The summed E-state index contributed by atoms with van der Waals surface area (Å²) in [5.41, 5.74) is -0.576. The summed E-state index contributed by atoms with van der Waals surface area (Å²) in [6, 6.07) is 9.08. The summed E-state index contributed by atoms with van der Waals surface area (Å²) in [6.07, 6.45) is -2.01. The van der Waals surface area contributed by atoms with E-state index in [2.05, 4.69) is 0 Å². The van der Waals surface area contributed by atoms with E-state index in [9.17, 15) is 30.8 Å². The van der Waals surface area contributed by atoms with Crippen LogP contribution in [0, 0.1) is 5.82 Å². The van der Waals surface area contributed by atoms with Gasteiger partial charge in [-0.3, -0.25) is 4.79 Å². The highest BCUT2D eigenvalue weighted by atomic mass is 32.2. The van der Waals surface area contributed by atoms with Crippen molar-refractivity contribution in [2.45, 2.75) is 11.1 Å². The topological polar surface area (TPSA) is 57.7 Å². The molecule has 0 aliphatic carbocycles. The molecule has 30 heavy (non-hydrogen) atoms. The lowest BCUT2D eigenvalue weighted by Gasteiger charge is -2.33. The second-order valence-electron chi connectivity index (χ2n) is 6.64. The molecule has 0 saturated carbocycles. The van der Waals surface area contributed by atoms with Crippen molar-refractivity contribution in [1.82, 2.24) is 9.21 Å². The highest BCUT2D eigenvalue weighted by Gasteiger charge is 2.31. The lowest BCUT2D eigenvalue weighted by Crippen LogP contribution is -2.50. The van der Waals surface area contributed by atoms with Crippen molar-refractivity contribution >= 4 is 22.0 Å². The van der Waals surface area contributed by atoms with E-state index in [0.717, 1.165) is 24.3 Å². The minimum atomic E-state index is -4.47. The second-order valence-corrected chi connectivity index (χ2v) is 8.58. The van der Waals surface area contributed by atoms with Crippen LogP contribution in [0.4, 0.5) is 17.6 Å². The number of piperazine rings is 1. The SMILES string of the molecule is O=C(C=Cc1cccc(C(F)(F)F)c1)N1CCN(S(=O)(=O)c2ccc(F)cc2)CC1. The Hall–Kier alpha value is -2.72. The van der Waals surface area contributed by atoms with Crippen molar-refractivity contribution in [2.24, 2.45) is 0 Å². The van der Waals surface area contributed by atoms with Crippen LogP contribution in [-0.4, -0.2) is 49.7 Å². The predicted molar refractivity (Wildman–Crippen MR) is 102 cm³/mol. The Morgan fingerprint density at radius 1 is 0.967 bits per heavy atom. The van der Waals surface area contributed by atoms with E-state index in [-0.39, 0.29) is 36.6 Å². The maximum absolute atomic E-state index is 13.0. The second kappa shape index (κ2) is 8.57. The summed E-state index contributed by atoms with van der Waals surface area (Å²) < 4.78 is 77.7. The maximum atomic E-state index is 13.0.